The average molecular weight is 287 g/mol. The Morgan fingerprint density at radius 3 is 2.57 bits per heavy atom. The number of aryl methyl sites for hydroxylation is 1. The van der Waals surface area contributed by atoms with E-state index in [4.69, 9.17) is 0 Å². The van der Waals surface area contributed by atoms with E-state index >= 15 is 0 Å². The van der Waals surface area contributed by atoms with Gasteiger partial charge in [-0.05, 0) is 68.9 Å². The molecular formula is C20H33N. The number of hydrogen-bond acceptors (Lipinski definition) is 1. The molecule has 0 radical (unpaired) electrons. The van der Waals surface area contributed by atoms with Gasteiger partial charge in [0, 0.05) is 6.04 Å². The Balaban J connectivity index is 2.00. The lowest BCUT2D eigenvalue weighted by atomic mass is 9.70. The minimum absolute atomic E-state index is 0.565. The van der Waals surface area contributed by atoms with Gasteiger partial charge in [-0.3, -0.25) is 0 Å². The van der Waals surface area contributed by atoms with Gasteiger partial charge in [0.1, 0.15) is 0 Å². The van der Waals surface area contributed by atoms with Crippen molar-refractivity contribution in [2.45, 2.75) is 72.3 Å². The number of hydrogen-bond donors (Lipinski definition) is 1. The summed E-state index contributed by atoms with van der Waals surface area (Å²) in [7, 11) is 0. The summed E-state index contributed by atoms with van der Waals surface area (Å²) < 4.78 is 0. The zero-order valence-electron chi connectivity index (χ0n) is 14.4. The summed E-state index contributed by atoms with van der Waals surface area (Å²) in [6.07, 6.45) is 7.96. The molecule has 1 fully saturated rings. The molecule has 0 aliphatic heterocycles. The molecule has 1 atom stereocenters. The Morgan fingerprint density at radius 2 is 1.95 bits per heavy atom. The lowest BCUT2D eigenvalue weighted by molar-refractivity contribution is 0.160. The van der Waals surface area contributed by atoms with Crippen molar-refractivity contribution in [1.29, 1.82) is 0 Å². The predicted molar refractivity (Wildman–Crippen MR) is 92.7 cm³/mol. The van der Waals surface area contributed by atoms with E-state index < -0.39 is 0 Å². The molecule has 1 aromatic carbocycles. The van der Waals surface area contributed by atoms with Crippen molar-refractivity contribution in [3.63, 3.8) is 0 Å². The molecule has 1 unspecified atom stereocenters. The van der Waals surface area contributed by atoms with Crippen molar-refractivity contribution in [2.24, 2.45) is 11.3 Å². The van der Waals surface area contributed by atoms with Crippen LogP contribution < -0.4 is 5.32 Å². The topological polar surface area (TPSA) is 12.0 Å². The highest BCUT2D eigenvalue weighted by Gasteiger charge is 2.31. The molecule has 21 heavy (non-hydrogen) atoms. The molecule has 0 spiro atoms. The Kier molecular flexibility index (Phi) is 5.87. The van der Waals surface area contributed by atoms with Gasteiger partial charge in [-0.15, -0.1) is 0 Å². The normalized spacial score (nSPS) is 20.4. The molecule has 0 aromatic heterocycles. The quantitative estimate of drug-likeness (QED) is 0.765. The maximum atomic E-state index is 3.83. The summed E-state index contributed by atoms with van der Waals surface area (Å²) in [5.74, 6) is 0.852. The van der Waals surface area contributed by atoms with Crippen LogP contribution in [0.2, 0.25) is 0 Å². The minimum atomic E-state index is 0.565. The van der Waals surface area contributed by atoms with Gasteiger partial charge in [-0.25, -0.2) is 0 Å². The molecule has 1 heteroatoms. The molecule has 1 N–H and O–H groups in total. The lowest BCUT2D eigenvalue weighted by Gasteiger charge is -2.38. The number of benzene rings is 1. The van der Waals surface area contributed by atoms with E-state index in [2.05, 4.69) is 57.3 Å². The Morgan fingerprint density at radius 1 is 1.24 bits per heavy atom. The first-order valence-electron chi connectivity index (χ1n) is 8.79. The molecule has 1 aliphatic rings. The first-order chi connectivity index (χ1) is 10.00. The monoisotopic (exact) mass is 287 g/mol. The van der Waals surface area contributed by atoms with Crippen molar-refractivity contribution in [1.82, 2.24) is 5.32 Å². The summed E-state index contributed by atoms with van der Waals surface area (Å²) in [6, 6.07) is 9.70. The third kappa shape index (κ3) is 5.14. The Labute approximate surface area is 131 Å². The third-order valence-corrected chi connectivity index (χ3v) is 5.15. The number of nitrogens with one attached hydrogen (secondary N) is 1. The van der Waals surface area contributed by atoms with Gasteiger partial charge in [0.05, 0.1) is 0 Å². The fourth-order valence-electron chi connectivity index (χ4n) is 3.65. The maximum absolute atomic E-state index is 3.83. The van der Waals surface area contributed by atoms with Gasteiger partial charge in [0.2, 0.25) is 0 Å². The Bertz CT molecular complexity index is 425. The molecule has 0 bridgehead atoms. The molecule has 1 saturated carbocycles. The van der Waals surface area contributed by atoms with Crippen LogP contribution in [-0.4, -0.2) is 12.6 Å². The van der Waals surface area contributed by atoms with Crippen LogP contribution in [0.5, 0.6) is 0 Å². The van der Waals surface area contributed by atoms with E-state index in [1.165, 1.54) is 49.7 Å². The molecular weight excluding hydrogens is 254 g/mol. The van der Waals surface area contributed by atoms with Crippen LogP contribution in [0.3, 0.4) is 0 Å². The van der Waals surface area contributed by atoms with Crippen LogP contribution >= 0.6 is 0 Å². The van der Waals surface area contributed by atoms with E-state index in [0.29, 0.717) is 11.5 Å². The van der Waals surface area contributed by atoms with Crippen molar-refractivity contribution in [3.05, 3.63) is 35.4 Å². The summed E-state index contributed by atoms with van der Waals surface area (Å²) in [6.45, 7) is 10.5. The van der Waals surface area contributed by atoms with Gasteiger partial charge in [0.15, 0.2) is 0 Å². The van der Waals surface area contributed by atoms with Gasteiger partial charge in [-0.1, -0.05) is 50.6 Å². The van der Waals surface area contributed by atoms with Crippen molar-refractivity contribution in [2.75, 3.05) is 6.54 Å². The standard InChI is InChI=1S/C20H33N/c1-5-13-21-19(15-17-8-6-7-16(2)14-17)18-9-11-20(3,4)12-10-18/h6-8,14,18-19,21H,5,9-13,15H2,1-4H3. The van der Waals surface area contributed by atoms with Crippen LogP contribution in [0.4, 0.5) is 0 Å². The van der Waals surface area contributed by atoms with Crippen LogP contribution in [0.25, 0.3) is 0 Å². The summed E-state index contributed by atoms with van der Waals surface area (Å²) >= 11 is 0. The second-order valence-electron chi connectivity index (χ2n) is 7.76. The average Bonchev–Trinajstić information content (AvgIpc) is 2.44. The van der Waals surface area contributed by atoms with Crippen LogP contribution in [0.1, 0.15) is 64.0 Å². The van der Waals surface area contributed by atoms with Gasteiger partial charge < -0.3 is 5.32 Å². The first kappa shape index (κ1) is 16.5. The van der Waals surface area contributed by atoms with E-state index in [-0.39, 0.29) is 0 Å². The second-order valence-corrected chi connectivity index (χ2v) is 7.76. The molecule has 1 nitrogen and oxygen atoms in total. The van der Waals surface area contributed by atoms with Gasteiger partial charge in [-0.2, -0.15) is 0 Å². The molecule has 1 aromatic rings. The van der Waals surface area contributed by atoms with Crippen LogP contribution in [-0.2, 0) is 6.42 Å². The van der Waals surface area contributed by atoms with Crippen molar-refractivity contribution >= 4 is 0 Å². The van der Waals surface area contributed by atoms with Crippen LogP contribution in [0.15, 0.2) is 24.3 Å². The van der Waals surface area contributed by atoms with E-state index in [1.54, 1.807) is 0 Å². The zero-order valence-corrected chi connectivity index (χ0v) is 14.4. The van der Waals surface area contributed by atoms with Gasteiger partial charge in [0.25, 0.3) is 0 Å². The molecule has 0 saturated heterocycles. The molecule has 2 rings (SSSR count). The summed E-state index contributed by atoms with van der Waals surface area (Å²) in [5.41, 5.74) is 3.44. The van der Waals surface area contributed by atoms with Gasteiger partial charge >= 0.3 is 0 Å². The molecule has 0 amide bonds. The SMILES string of the molecule is CCCNC(Cc1cccc(C)c1)C1CCC(C)(C)CC1. The van der Waals surface area contributed by atoms with Crippen molar-refractivity contribution in [3.8, 4) is 0 Å². The third-order valence-electron chi connectivity index (χ3n) is 5.15. The fraction of sp³-hybridized carbons (Fsp3) is 0.700. The zero-order chi connectivity index (χ0) is 15.3. The lowest BCUT2D eigenvalue weighted by Crippen LogP contribution is -2.41. The molecule has 0 heterocycles. The highest BCUT2D eigenvalue weighted by atomic mass is 14.9. The number of rotatable bonds is 6. The van der Waals surface area contributed by atoms with E-state index in [1.807, 2.05) is 0 Å². The largest absolute Gasteiger partial charge is 0.313 e. The second kappa shape index (κ2) is 7.45. The summed E-state index contributed by atoms with van der Waals surface area (Å²) in [5, 5.41) is 3.83. The maximum Gasteiger partial charge on any atom is 0.0136 e. The highest BCUT2D eigenvalue weighted by Crippen LogP contribution is 2.39. The smallest absolute Gasteiger partial charge is 0.0136 e. The first-order valence-corrected chi connectivity index (χ1v) is 8.79. The predicted octanol–water partition coefficient (Wildman–Crippen LogP) is 5.12. The summed E-state index contributed by atoms with van der Waals surface area (Å²) in [4.78, 5) is 0. The molecule has 118 valence electrons. The highest BCUT2D eigenvalue weighted by molar-refractivity contribution is 5.23. The molecule has 1 aliphatic carbocycles. The van der Waals surface area contributed by atoms with Crippen LogP contribution in [0, 0.1) is 18.3 Å². The Hall–Kier alpha value is -0.820. The van der Waals surface area contributed by atoms with E-state index in [0.717, 1.165) is 12.5 Å². The fourth-order valence-corrected chi connectivity index (χ4v) is 3.65. The van der Waals surface area contributed by atoms with E-state index in [9.17, 15) is 0 Å². The van der Waals surface area contributed by atoms with Crippen molar-refractivity contribution < 1.29 is 0 Å². The minimum Gasteiger partial charge on any atom is -0.313 e.